The predicted molar refractivity (Wildman–Crippen MR) is 78.0 cm³/mol. The third-order valence-electron chi connectivity index (χ3n) is 4.08. The Morgan fingerprint density at radius 3 is 2.95 bits per heavy atom. The van der Waals surface area contributed by atoms with Crippen LogP contribution >= 0.6 is 0 Å². The molecule has 0 heterocycles. The summed E-state index contributed by atoms with van der Waals surface area (Å²) in [5.74, 6) is 0.264. The third-order valence-corrected chi connectivity index (χ3v) is 4.08. The van der Waals surface area contributed by atoms with E-state index >= 15 is 0 Å². The number of nitrogens with one attached hydrogen (secondary N) is 1. The van der Waals surface area contributed by atoms with E-state index < -0.39 is 0 Å². The molecule has 1 N–H and O–H groups in total. The molecule has 0 fully saturated rings. The minimum absolute atomic E-state index is 0.0316. The number of hydrogen-bond donors (Lipinski definition) is 1. The highest BCUT2D eigenvalue weighted by Crippen LogP contribution is 2.33. The highest BCUT2D eigenvalue weighted by Gasteiger charge is 2.28. The van der Waals surface area contributed by atoms with E-state index in [1.807, 2.05) is 25.9 Å². The van der Waals surface area contributed by atoms with Gasteiger partial charge in [0.25, 0.3) is 0 Å². The van der Waals surface area contributed by atoms with E-state index in [1.165, 1.54) is 17.5 Å². The van der Waals surface area contributed by atoms with Crippen LogP contribution in [-0.4, -0.2) is 31.4 Å². The van der Waals surface area contributed by atoms with Gasteiger partial charge in [0.15, 0.2) is 0 Å². The number of rotatable bonds is 4. The summed E-state index contributed by atoms with van der Waals surface area (Å²) in [5.41, 5.74) is 2.74. The second-order valence-electron chi connectivity index (χ2n) is 5.51. The van der Waals surface area contributed by atoms with Gasteiger partial charge < -0.3 is 10.2 Å². The average molecular weight is 260 g/mol. The van der Waals surface area contributed by atoms with Gasteiger partial charge in [0.1, 0.15) is 0 Å². The highest BCUT2D eigenvalue weighted by molar-refractivity contribution is 5.79. The SMILES string of the molecule is CNCC(C)C(=O)N(C)C1CCCc2ccccc21. The predicted octanol–water partition coefficient (Wildman–Crippen LogP) is 2.38. The molecular weight excluding hydrogens is 236 g/mol. The molecule has 1 aromatic rings. The van der Waals surface area contributed by atoms with Crippen LogP contribution < -0.4 is 5.32 Å². The van der Waals surface area contributed by atoms with Crippen LogP contribution in [0.5, 0.6) is 0 Å². The lowest BCUT2D eigenvalue weighted by atomic mass is 9.86. The summed E-state index contributed by atoms with van der Waals surface area (Å²) >= 11 is 0. The van der Waals surface area contributed by atoms with Gasteiger partial charge in [0.2, 0.25) is 5.91 Å². The fourth-order valence-electron chi connectivity index (χ4n) is 3.03. The van der Waals surface area contributed by atoms with E-state index in [0.717, 1.165) is 19.4 Å². The first-order valence-corrected chi connectivity index (χ1v) is 7.14. The second-order valence-corrected chi connectivity index (χ2v) is 5.51. The van der Waals surface area contributed by atoms with Crippen molar-refractivity contribution in [2.45, 2.75) is 32.2 Å². The molecular formula is C16H24N2O. The van der Waals surface area contributed by atoms with Gasteiger partial charge in [-0.3, -0.25) is 4.79 Å². The molecule has 19 heavy (non-hydrogen) atoms. The first kappa shape index (κ1) is 14.1. The molecule has 0 aliphatic heterocycles. The molecule has 0 saturated carbocycles. The lowest BCUT2D eigenvalue weighted by Crippen LogP contribution is -2.39. The van der Waals surface area contributed by atoms with Crippen molar-refractivity contribution in [3.8, 4) is 0 Å². The molecule has 3 heteroatoms. The van der Waals surface area contributed by atoms with Crippen LogP contribution in [-0.2, 0) is 11.2 Å². The number of nitrogens with zero attached hydrogens (tertiary/aromatic N) is 1. The van der Waals surface area contributed by atoms with E-state index in [4.69, 9.17) is 0 Å². The zero-order valence-electron chi connectivity index (χ0n) is 12.1. The summed E-state index contributed by atoms with van der Waals surface area (Å²) in [6.07, 6.45) is 3.38. The molecule has 2 atom stereocenters. The van der Waals surface area contributed by atoms with Crippen molar-refractivity contribution < 1.29 is 4.79 Å². The van der Waals surface area contributed by atoms with Gasteiger partial charge in [0, 0.05) is 19.5 Å². The van der Waals surface area contributed by atoms with Gasteiger partial charge in [0.05, 0.1) is 6.04 Å². The molecule has 1 aliphatic rings. The Balaban J connectivity index is 2.16. The number of hydrogen-bond acceptors (Lipinski definition) is 2. The van der Waals surface area contributed by atoms with Crippen molar-refractivity contribution in [1.29, 1.82) is 0 Å². The molecule has 0 spiro atoms. The smallest absolute Gasteiger partial charge is 0.226 e. The number of carbonyl (C=O) groups excluding carboxylic acids is 1. The molecule has 3 nitrogen and oxygen atoms in total. The van der Waals surface area contributed by atoms with Crippen LogP contribution in [0, 0.1) is 5.92 Å². The Bertz CT molecular complexity index is 444. The van der Waals surface area contributed by atoms with Crippen molar-refractivity contribution in [2.75, 3.05) is 20.6 Å². The van der Waals surface area contributed by atoms with Crippen molar-refractivity contribution >= 4 is 5.91 Å². The molecule has 0 aromatic heterocycles. The van der Waals surface area contributed by atoms with Crippen molar-refractivity contribution in [2.24, 2.45) is 5.92 Å². The average Bonchev–Trinajstić information content (AvgIpc) is 2.45. The lowest BCUT2D eigenvalue weighted by molar-refractivity contribution is -0.136. The highest BCUT2D eigenvalue weighted by atomic mass is 16.2. The van der Waals surface area contributed by atoms with Crippen LogP contribution in [0.3, 0.4) is 0 Å². The van der Waals surface area contributed by atoms with E-state index in [2.05, 4.69) is 29.6 Å². The molecule has 2 rings (SSSR count). The summed E-state index contributed by atoms with van der Waals surface area (Å²) in [4.78, 5) is 14.4. The van der Waals surface area contributed by atoms with Crippen molar-refractivity contribution in [3.63, 3.8) is 0 Å². The standard InChI is InChI=1S/C16H24N2O/c1-12(11-17-2)16(19)18(3)15-10-6-8-13-7-4-5-9-14(13)15/h4-5,7,9,12,15,17H,6,8,10-11H2,1-3H3. The summed E-state index contributed by atoms with van der Waals surface area (Å²) in [6.45, 7) is 2.72. The summed E-state index contributed by atoms with van der Waals surface area (Å²) in [5, 5.41) is 3.08. The molecule has 1 aliphatic carbocycles. The summed E-state index contributed by atoms with van der Waals surface area (Å²) < 4.78 is 0. The zero-order chi connectivity index (χ0) is 13.8. The van der Waals surface area contributed by atoms with Crippen LogP contribution in [0.25, 0.3) is 0 Å². The Kier molecular flexibility index (Phi) is 4.59. The van der Waals surface area contributed by atoms with Gasteiger partial charge in [-0.2, -0.15) is 0 Å². The number of amides is 1. The maximum atomic E-state index is 12.4. The lowest BCUT2D eigenvalue weighted by Gasteiger charge is -2.34. The van der Waals surface area contributed by atoms with Crippen molar-refractivity contribution in [3.05, 3.63) is 35.4 Å². The molecule has 0 radical (unpaired) electrons. The molecule has 2 unspecified atom stereocenters. The zero-order valence-corrected chi connectivity index (χ0v) is 12.1. The van der Waals surface area contributed by atoms with E-state index in [0.29, 0.717) is 0 Å². The number of aryl methyl sites for hydroxylation is 1. The first-order chi connectivity index (χ1) is 9.15. The number of fused-ring (bicyclic) bond motifs is 1. The third kappa shape index (κ3) is 2.98. The molecule has 1 aromatic carbocycles. The quantitative estimate of drug-likeness (QED) is 0.901. The monoisotopic (exact) mass is 260 g/mol. The summed E-state index contributed by atoms with van der Waals surface area (Å²) in [6, 6.07) is 8.78. The van der Waals surface area contributed by atoms with Crippen LogP contribution in [0.15, 0.2) is 24.3 Å². The Labute approximate surface area is 116 Å². The maximum Gasteiger partial charge on any atom is 0.226 e. The van der Waals surface area contributed by atoms with E-state index in [-0.39, 0.29) is 17.9 Å². The van der Waals surface area contributed by atoms with Gasteiger partial charge in [-0.1, -0.05) is 31.2 Å². The minimum Gasteiger partial charge on any atom is -0.338 e. The topological polar surface area (TPSA) is 32.3 Å². The molecule has 1 amide bonds. The minimum atomic E-state index is 0.0316. The largest absolute Gasteiger partial charge is 0.338 e. The number of benzene rings is 1. The fraction of sp³-hybridized carbons (Fsp3) is 0.562. The van der Waals surface area contributed by atoms with Crippen LogP contribution in [0.2, 0.25) is 0 Å². The van der Waals surface area contributed by atoms with E-state index in [1.54, 1.807) is 0 Å². The Hall–Kier alpha value is -1.35. The first-order valence-electron chi connectivity index (χ1n) is 7.14. The summed E-state index contributed by atoms with van der Waals surface area (Å²) in [7, 11) is 3.83. The van der Waals surface area contributed by atoms with Crippen LogP contribution in [0.4, 0.5) is 0 Å². The van der Waals surface area contributed by atoms with Gasteiger partial charge >= 0.3 is 0 Å². The Morgan fingerprint density at radius 1 is 1.47 bits per heavy atom. The molecule has 104 valence electrons. The second kappa shape index (κ2) is 6.20. The number of carbonyl (C=O) groups is 1. The van der Waals surface area contributed by atoms with Crippen molar-refractivity contribution in [1.82, 2.24) is 10.2 Å². The van der Waals surface area contributed by atoms with Gasteiger partial charge in [-0.15, -0.1) is 0 Å². The normalized spacial score (nSPS) is 19.6. The molecule has 0 bridgehead atoms. The Morgan fingerprint density at radius 2 is 2.21 bits per heavy atom. The van der Waals surface area contributed by atoms with Gasteiger partial charge in [-0.05, 0) is 37.4 Å². The van der Waals surface area contributed by atoms with Crippen LogP contribution in [0.1, 0.15) is 36.9 Å². The fourth-order valence-corrected chi connectivity index (χ4v) is 3.03. The maximum absolute atomic E-state index is 12.4. The molecule has 0 saturated heterocycles. The van der Waals surface area contributed by atoms with Gasteiger partial charge in [-0.25, -0.2) is 0 Å². The van der Waals surface area contributed by atoms with E-state index in [9.17, 15) is 4.79 Å².